The van der Waals surface area contributed by atoms with Crippen molar-refractivity contribution in [2.45, 2.75) is 63.3 Å². The number of carbonyl (C=O) groups excluding carboxylic acids is 1. The molecule has 3 aliphatic rings. The zero-order valence-electron chi connectivity index (χ0n) is 11.6. The number of hydrogen-bond acceptors (Lipinski definition) is 4. The Labute approximate surface area is 113 Å². The van der Waals surface area contributed by atoms with Crippen LogP contribution in [0.15, 0.2) is 12.2 Å². The van der Waals surface area contributed by atoms with Crippen LogP contribution in [0.3, 0.4) is 0 Å². The van der Waals surface area contributed by atoms with E-state index in [2.05, 4.69) is 5.32 Å². The molecule has 0 radical (unpaired) electrons. The molecule has 0 aromatic carbocycles. The van der Waals surface area contributed by atoms with Crippen molar-refractivity contribution in [2.24, 2.45) is 5.92 Å². The standard InChI is InChI=1S/C14H21NO4/c1-8(16)15-10-6-7-14(17,9-4-5-9)12-11(10)18-13(2,3)19-12/h6-7,9-12,17H,4-5H2,1-3H3,(H,15,16)/t10-,11+,12+,14-/m1/s1. The fourth-order valence-corrected chi connectivity index (χ4v) is 3.15. The smallest absolute Gasteiger partial charge is 0.217 e. The van der Waals surface area contributed by atoms with E-state index >= 15 is 0 Å². The molecule has 2 N–H and O–H groups in total. The van der Waals surface area contributed by atoms with Crippen LogP contribution < -0.4 is 5.32 Å². The molecule has 106 valence electrons. The molecule has 4 atom stereocenters. The maximum absolute atomic E-state index is 11.3. The Morgan fingerprint density at radius 1 is 1.37 bits per heavy atom. The Bertz CT molecular complexity index is 429. The van der Waals surface area contributed by atoms with E-state index in [9.17, 15) is 9.90 Å². The molecule has 0 unspecified atom stereocenters. The highest BCUT2D eigenvalue weighted by Crippen LogP contribution is 2.49. The molecule has 19 heavy (non-hydrogen) atoms. The summed E-state index contributed by atoms with van der Waals surface area (Å²) in [4.78, 5) is 11.3. The molecule has 1 aliphatic heterocycles. The quantitative estimate of drug-likeness (QED) is 0.724. The second kappa shape index (κ2) is 4.04. The number of carbonyl (C=O) groups is 1. The van der Waals surface area contributed by atoms with Gasteiger partial charge in [0.15, 0.2) is 5.79 Å². The number of fused-ring (bicyclic) bond motifs is 1. The number of amides is 1. The van der Waals surface area contributed by atoms with E-state index in [0.29, 0.717) is 0 Å². The van der Waals surface area contributed by atoms with Gasteiger partial charge in [-0.2, -0.15) is 0 Å². The highest BCUT2D eigenvalue weighted by atomic mass is 16.8. The van der Waals surface area contributed by atoms with E-state index in [0.717, 1.165) is 12.8 Å². The molecule has 2 fully saturated rings. The van der Waals surface area contributed by atoms with Crippen LogP contribution in [0.4, 0.5) is 0 Å². The van der Waals surface area contributed by atoms with Gasteiger partial charge in [-0.15, -0.1) is 0 Å². The molecule has 0 spiro atoms. The summed E-state index contributed by atoms with van der Waals surface area (Å²) in [6.07, 6.45) is 4.89. The molecular weight excluding hydrogens is 246 g/mol. The van der Waals surface area contributed by atoms with Crippen LogP contribution in [0.1, 0.15) is 33.6 Å². The van der Waals surface area contributed by atoms with Crippen molar-refractivity contribution in [3.8, 4) is 0 Å². The molecule has 0 aromatic rings. The lowest BCUT2D eigenvalue weighted by atomic mass is 9.80. The van der Waals surface area contributed by atoms with Gasteiger partial charge < -0.3 is 19.9 Å². The van der Waals surface area contributed by atoms with Gasteiger partial charge in [-0.25, -0.2) is 0 Å². The monoisotopic (exact) mass is 267 g/mol. The summed E-state index contributed by atoms with van der Waals surface area (Å²) in [7, 11) is 0. The fourth-order valence-electron chi connectivity index (χ4n) is 3.15. The molecule has 1 saturated heterocycles. The molecule has 5 heteroatoms. The highest BCUT2D eigenvalue weighted by Gasteiger charge is 2.60. The minimum atomic E-state index is -0.965. The molecule has 1 amide bonds. The second-order valence-electron chi connectivity index (χ2n) is 6.27. The van der Waals surface area contributed by atoms with Crippen molar-refractivity contribution in [3.05, 3.63) is 12.2 Å². The average molecular weight is 267 g/mol. The Kier molecular flexibility index (Phi) is 2.78. The number of hydrogen-bond donors (Lipinski definition) is 2. The van der Waals surface area contributed by atoms with Crippen LogP contribution in [0.25, 0.3) is 0 Å². The summed E-state index contributed by atoms with van der Waals surface area (Å²) in [6.45, 7) is 5.15. The predicted molar refractivity (Wildman–Crippen MR) is 68.2 cm³/mol. The summed E-state index contributed by atoms with van der Waals surface area (Å²) in [5.74, 6) is -0.605. The van der Waals surface area contributed by atoms with Crippen LogP contribution in [0, 0.1) is 5.92 Å². The van der Waals surface area contributed by atoms with Gasteiger partial charge in [0.1, 0.15) is 17.8 Å². The van der Waals surface area contributed by atoms with E-state index in [1.807, 2.05) is 19.9 Å². The Morgan fingerprint density at radius 2 is 2.05 bits per heavy atom. The maximum atomic E-state index is 11.3. The Morgan fingerprint density at radius 3 is 2.63 bits per heavy atom. The number of aliphatic hydroxyl groups is 1. The topological polar surface area (TPSA) is 67.8 Å². The van der Waals surface area contributed by atoms with Gasteiger partial charge in [0.05, 0.1) is 6.04 Å². The molecule has 1 saturated carbocycles. The molecule has 0 aromatic heterocycles. The normalized spacial score (nSPS) is 43.9. The molecule has 1 heterocycles. The van der Waals surface area contributed by atoms with Crippen LogP contribution >= 0.6 is 0 Å². The number of ether oxygens (including phenoxy) is 2. The minimum Gasteiger partial charge on any atom is -0.383 e. The molecular formula is C14H21NO4. The van der Waals surface area contributed by atoms with E-state index in [1.165, 1.54) is 6.92 Å². The predicted octanol–water partition coefficient (Wildman–Crippen LogP) is 0.722. The van der Waals surface area contributed by atoms with Crippen molar-refractivity contribution in [1.82, 2.24) is 5.32 Å². The van der Waals surface area contributed by atoms with Crippen LogP contribution in [-0.2, 0) is 14.3 Å². The van der Waals surface area contributed by atoms with Crippen molar-refractivity contribution < 1.29 is 19.4 Å². The lowest BCUT2D eigenvalue weighted by Crippen LogP contribution is -2.58. The Balaban J connectivity index is 1.91. The summed E-state index contributed by atoms with van der Waals surface area (Å²) >= 11 is 0. The fraction of sp³-hybridized carbons (Fsp3) is 0.786. The van der Waals surface area contributed by atoms with Crippen molar-refractivity contribution in [1.29, 1.82) is 0 Å². The van der Waals surface area contributed by atoms with E-state index in [4.69, 9.17) is 9.47 Å². The van der Waals surface area contributed by atoms with Crippen LogP contribution in [0.5, 0.6) is 0 Å². The first-order valence-electron chi connectivity index (χ1n) is 6.86. The lowest BCUT2D eigenvalue weighted by molar-refractivity contribution is -0.165. The lowest BCUT2D eigenvalue weighted by Gasteiger charge is -2.39. The summed E-state index contributed by atoms with van der Waals surface area (Å²) in [5.41, 5.74) is -0.965. The largest absolute Gasteiger partial charge is 0.383 e. The summed E-state index contributed by atoms with van der Waals surface area (Å²) < 4.78 is 11.8. The first-order valence-corrected chi connectivity index (χ1v) is 6.86. The highest BCUT2D eigenvalue weighted by molar-refractivity contribution is 5.73. The van der Waals surface area contributed by atoms with Gasteiger partial charge in [-0.3, -0.25) is 4.79 Å². The maximum Gasteiger partial charge on any atom is 0.217 e. The first-order chi connectivity index (χ1) is 8.82. The van der Waals surface area contributed by atoms with Crippen LogP contribution in [-0.4, -0.2) is 40.7 Å². The van der Waals surface area contributed by atoms with Crippen molar-refractivity contribution in [3.63, 3.8) is 0 Å². The molecule has 3 rings (SSSR count). The third-order valence-electron chi connectivity index (χ3n) is 4.11. The van der Waals surface area contributed by atoms with Gasteiger partial charge in [0.25, 0.3) is 0 Å². The van der Waals surface area contributed by atoms with Gasteiger partial charge in [-0.1, -0.05) is 12.2 Å². The number of nitrogens with one attached hydrogen (secondary N) is 1. The van der Waals surface area contributed by atoms with E-state index in [1.54, 1.807) is 6.08 Å². The van der Waals surface area contributed by atoms with Crippen molar-refractivity contribution in [2.75, 3.05) is 0 Å². The molecule has 0 bridgehead atoms. The van der Waals surface area contributed by atoms with Gasteiger partial charge in [-0.05, 0) is 32.6 Å². The van der Waals surface area contributed by atoms with Gasteiger partial charge in [0.2, 0.25) is 5.91 Å². The Hall–Kier alpha value is -0.910. The SMILES string of the molecule is CC(=O)N[C@@H]1C=C[C@@](O)(C2CC2)[C@H]2OC(C)(C)O[C@@H]12. The molecule has 5 nitrogen and oxygen atoms in total. The second-order valence-corrected chi connectivity index (χ2v) is 6.27. The van der Waals surface area contributed by atoms with E-state index < -0.39 is 17.5 Å². The molecule has 2 aliphatic carbocycles. The third-order valence-corrected chi connectivity index (χ3v) is 4.11. The van der Waals surface area contributed by atoms with Crippen LogP contribution in [0.2, 0.25) is 0 Å². The minimum absolute atomic E-state index is 0.112. The summed E-state index contributed by atoms with van der Waals surface area (Å²) in [6, 6.07) is -0.247. The first kappa shape index (κ1) is 13.1. The number of rotatable bonds is 2. The summed E-state index contributed by atoms with van der Waals surface area (Å²) in [5, 5.41) is 13.7. The zero-order valence-corrected chi connectivity index (χ0v) is 11.6. The van der Waals surface area contributed by atoms with Crippen molar-refractivity contribution >= 4 is 5.91 Å². The van der Waals surface area contributed by atoms with Gasteiger partial charge in [0, 0.05) is 6.92 Å². The van der Waals surface area contributed by atoms with E-state index in [-0.39, 0.29) is 24.0 Å². The third kappa shape index (κ3) is 2.20. The average Bonchev–Trinajstić information content (AvgIpc) is 3.07. The zero-order chi connectivity index (χ0) is 13.8. The van der Waals surface area contributed by atoms with Gasteiger partial charge >= 0.3 is 0 Å².